The molecule has 17 heavy (non-hydrogen) atoms. The molecule has 5 nitrogen and oxygen atoms in total. The van der Waals surface area contributed by atoms with Gasteiger partial charge in [0.15, 0.2) is 0 Å². The van der Waals surface area contributed by atoms with Gasteiger partial charge in [-0.1, -0.05) is 0 Å². The SMILES string of the molecule is Cc1c(N)ncnc1N1CCCC(N(C)C)C1. The molecule has 0 aliphatic carbocycles. The summed E-state index contributed by atoms with van der Waals surface area (Å²) in [4.78, 5) is 13.0. The van der Waals surface area contributed by atoms with Crippen LogP contribution in [0.1, 0.15) is 18.4 Å². The zero-order chi connectivity index (χ0) is 12.4. The minimum absolute atomic E-state index is 0.585. The van der Waals surface area contributed by atoms with Crippen LogP contribution in [0.25, 0.3) is 0 Å². The molecule has 0 radical (unpaired) electrons. The van der Waals surface area contributed by atoms with Crippen molar-refractivity contribution in [1.82, 2.24) is 14.9 Å². The van der Waals surface area contributed by atoms with E-state index in [0.717, 1.165) is 24.5 Å². The van der Waals surface area contributed by atoms with E-state index in [1.807, 2.05) is 6.92 Å². The van der Waals surface area contributed by atoms with Gasteiger partial charge in [-0.15, -0.1) is 0 Å². The van der Waals surface area contributed by atoms with Gasteiger partial charge in [-0.25, -0.2) is 9.97 Å². The molecule has 1 aromatic rings. The Morgan fingerprint density at radius 3 is 2.88 bits per heavy atom. The molecule has 0 saturated carbocycles. The van der Waals surface area contributed by atoms with E-state index in [0.29, 0.717) is 11.9 Å². The van der Waals surface area contributed by atoms with Gasteiger partial charge in [-0.05, 0) is 33.9 Å². The number of hydrogen-bond donors (Lipinski definition) is 1. The largest absolute Gasteiger partial charge is 0.383 e. The molecule has 2 heterocycles. The minimum atomic E-state index is 0.585. The molecule has 1 aliphatic heterocycles. The number of rotatable bonds is 2. The molecule has 5 heteroatoms. The molecule has 0 aromatic carbocycles. The van der Waals surface area contributed by atoms with Gasteiger partial charge in [0.25, 0.3) is 0 Å². The summed E-state index contributed by atoms with van der Waals surface area (Å²) >= 11 is 0. The lowest BCUT2D eigenvalue weighted by Gasteiger charge is -2.37. The molecule has 1 unspecified atom stereocenters. The lowest BCUT2D eigenvalue weighted by atomic mass is 10.0. The van der Waals surface area contributed by atoms with Gasteiger partial charge in [0.05, 0.1) is 0 Å². The summed E-state index contributed by atoms with van der Waals surface area (Å²) in [6.07, 6.45) is 4.01. The quantitative estimate of drug-likeness (QED) is 0.825. The minimum Gasteiger partial charge on any atom is -0.383 e. The molecule has 1 atom stereocenters. The second-order valence-electron chi connectivity index (χ2n) is 4.91. The molecule has 1 fully saturated rings. The van der Waals surface area contributed by atoms with E-state index in [-0.39, 0.29) is 0 Å². The number of hydrogen-bond acceptors (Lipinski definition) is 5. The third-order valence-electron chi connectivity index (χ3n) is 3.52. The van der Waals surface area contributed by atoms with Crippen molar-refractivity contribution in [2.45, 2.75) is 25.8 Å². The van der Waals surface area contributed by atoms with E-state index in [1.165, 1.54) is 12.8 Å². The van der Waals surface area contributed by atoms with Gasteiger partial charge < -0.3 is 15.5 Å². The predicted octanol–water partition coefficient (Wildman–Crippen LogP) is 0.898. The summed E-state index contributed by atoms with van der Waals surface area (Å²) in [6.45, 7) is 4.07. The third-order valence-corrected chi connectivity index (χ3v) is 3.52. The number of nitrogens with two attached hydrogens (primary N) is 1. The highest BCUT2D eigenvalue weighted by Gasteiger charge is 2.23. The lowest BCUT2D eigenvalue weighted by molar-refractivity contribution is 0.257. The van der Waals surface area contributed by atoms with Gasteiger partial charge in [-0.3, -0.25) is 0 Å². The Kier molecular flexibility index (Phi) is 3.47. The molecule has 0 spiro atoms. The van der Waals surface area contributed by atoms with Crippen LogP contribution in [0.3, 0.4) is 0 Å². The zero-order valence-corrected chi connectivity index (χ0v) is 10.8. The lowest BCUT2D eigenvalue weighted by Crippen LogP contribution is -2.45. The fraction of sp³-hybridized carbons (Fsp3) is 0.667. The second kappa shape index (κ2) is 4.87. The Morgan fingerprint density at radius 2 is 2.18 bits per heavy atom. The number of anilines is 2. The van der Waals surface area contributed by atoms with Crippen LogP contribution in [-0.2, 0) is 0 Å². The van der Waals surface area contributed by atoms with Crippen molar-refractivity contribution in [3.05, 3.63) is 11.9 Å². The monoisotopic (exact) mass is 235 g/mol. The Balaban J connectivity index is 2.19. The maximum atomic E-state index is 5.83. The van der Waals surface area contributed by atoms with E-state index in [4.69, 9.17) is 5.73 Å². The van der Waals surface area contributed by atoms with Crippen molar-refractivity contribution in [2.75, 3.05) is 37.8 Å². The number of nitrogens with zero attached hydrogens (tertiary/aromatic N) is 4. The molecule has 2 rings (SSSR count). The number of likely N-dealkylation sites (N-methyl/N-ethyl adjacent to an activating group) is 1. The molecule has 2 N–H and O–H groups in total. The van der Waals surface area contributed by atoms with Gasteiger partial charge in [0.1, 0.15) is 18.0 Å². The van der Waals surface area contributed by atoms with Crippen LogP contribution >= 0.6 is 0 Å². The van der Waals surface area contributed by atoms with Crippen LogP contribution in [0.15, 0.2) is 6.33 Å². The van der Waals surface area contributed by atoms with E-state index >= 15 is 0 Å². The molecule has 94 valence electrons. The smallest absolute Gasteiger partial charge is 0.137 e. The number of nitrogen functional groups attached to an aromatic ring is 1. The van der Waals surface area contributed by atoms with Crippen molar-refractivity contribution in [2.24, 2.45) is 0 Å². The van der Waals surface area contributed by atoms with Crippen molar-refractivity contribution < 1.29 is 0 Å². The Bertz CT molecular complexity index is 390. The Morgan fingerprint density at radius 1 is 1.41 bits per heavy atom. The average Bonchev–Trinajstić information content (AvgIpc) is 2.33. The van der Waals surface area contributed by atoms with Crippen LogP contribution in [0.4, 0.5) is 11.6 Å². The normalized spacial score (nSPS) is 20.9. The predicted molar refractivity (Wildman–Crippen MR) is 70.1 cm³/mol. The molecular formula is C12H21N5. The van der Waals surface area contributed by atoms with E-state index in [2.05, 4.69) is 33.9 Å². The van der Waals surface area contributed by atoms with Crippen LogP contribution in [0.5, 0.6) is 0 Å². The summed E-state index contributed by atoms with van der Waals surface area (Å²) in [5.74, 6) is 1.58. The zero-order valence-electron chi connectivity index (χ0n) is 10.8. The summed E-state index contributed by atoms with van der Waals surface area (Å²) in [5, 5.41) is 0. The highest BCUT2D eigenvalue weighted by atomic mass is 15.2. The Labute approximate surface area is 103 Å². The fourth-order valence-corrected chi connectivity index (χ4v) is 2.34. The van der Waals surface area contributed by atoms with Crippen LogP contribution in [-0.4, -0.2) is 48.1 Å². The first-order valence-corrected chi connectivity index (χ1v) is 6.08. The van der Waals surface area contributed by atoms with E-state index in [1.54, 1.807) is 6.33 Å². The van der Waals surface area contributed by atoms with Crippen molar-refractivity contribution in [3.8, 4) is 0 Å². The van der Waals surface area contributed by atoms with Crippen LogP contribution in [0.2, 0.25) is 0 Å². The molecule has 1 aliphatic rings. The fourth-order valence-electron chi connectivity index (χ4n) is 2.34. The first-order chi connectivity index (χ1) is 8.09. The van der Waals surface area contributed by atoms with E-state index in [9.17, 15) is 0 Å². The highest BCUT2D eigenvalue weighted by molar-refractivity contribution is 5.55. The number of aromatic nitrogens is 2. The first-order valence-electron chi connectivity index (χ1n) is 6.08. The van der Waals surface area contributed by atoms with Crippen LogP contribution < -0.4 is 10.6 Å². The van der Waals surface area contributed by atoms with Crippen molar-refractivity contribution in [1.29, 1.82) is 0 Å². The molecule has 1 aromatic heterocycles. The summed E-state index contributed by atoms with van der Waals surface area (Å²) in [6, 6.07) is 0.597. The molecule has 0 amide bonds. The Hall–Kier alpha value is -1.36. The van der Waals surface area contributed by atoms with Gasteiger partial charge in [-0.2, -0.15) is 0 Å². The standard InChI is InChI=1S/C12H21N5/c1-9-11(13)14-8-15-12(9)17-6-4-5-10(7-17)16(2)3/h8,10H,4-7H2,1-3H3,(H2,13,14,15). The van der Waals surface area contributed by atoms with Crippen LogP contribution in [0, 0.1) is 6.92 Å². The topological polar surface area (TPSA) is 58.3 Å². The average molecular weight is 235 g/mol. The summed E-state index contributed by atoms with van der Waals surface area (Å²) in [5.41, 5.74) is 6.83. The van der Waals surface area contributed by atoms with Crippen molar-refractivity contribution in [3.63, 3.8) is 0 Å². The second-order valence-corrected chi connectivity index (χ2v) is 4.91. The number of piperidine rings is 1. The summed E-state index contributed by atoms with van der Waals surface area (Å²) < 4.78 is 0. The molecule has 1 saturated heterocycles. The van der Waals surface area contributed by atoms with E-state index < -0.39 is 0 Å². The first kappa shape index (κ1) is 12.1. The highest BCUT2D eigenvalue weighted by Crippen LogP contribution is 2.24. The maximum Gasteiger partial charge on any atom is 0.137 e. The molecule has 0 bridgehead atoms. The third kappa shape index (κ3) is 2.49. The van der Waals surface area contributed by atoms with Gasteiger partial charge >= 0.3 is 0 Å². The van der Waals surface area contributed by atoms with Gasteiger partial charge in [0, 0.05) is 24.7 Å². The maximum absolute atomic E-state index is 5.83. The van der Waals surface area contributed by atoms with Crippen molar-refractivity contribution >= 4 is 11.6 Å². The van der Waals surface area contributed by atoms with Gasteiger partial charge in [0.2, 0.25) is 0 Å². The summed E-state index contributed by atoms with van der Waals surface area (Å²) in [7, 11) is 4.27. The molecular weight excluding hydrogens is 214 g/mol.